The molecule has 0 atom stereocenters. The maximum absolute atomic E-state index is 6.63. The first-order valence-electron chi connectivity index (χ1n) is 16.4. The molecule has 12 rings (SSSR count). The summed E-state index contributed by atoms with van der Waals surface area (Å²) < 4.78 is 15.7. The van der Waals surface area contributed by atoms with Gasteiger partial charge >= 0.3 is 0 Å². The second-order valence-electron chi connectivity index (χ2n) is 12.9. The average Bonchev–Trinajstić information content (AvgIpc) is 3.48. The Balaban J connectivity index is 1.27. The zero-order chi connectivity index (χ0) is 31.1. The fourth-order valence-electron chi connectivity index (χ4n) is 8.71. The number of rotatable bonds is 1. The van der Waals surface area contributed by atoms with Gasteiger partial charge in [0.1, 0.15) is 0 Å². The van der Waals surface area contributed by atoms with E-state index in [1.807, 2.05) is 12.1 Å². The van der Waals surface area contributed by atoms with Crippen molar-refractivity contribution in [2.75, 3.05) is 9.80 Å². The lowest BCUT2D eigenvalue weighted by molar-refractivity contribution is 0.477. The Bertz CT molecular complexity index is 2550. The van der Waals surface area contributed by atoms with Crippen molar-refractivity contribution < 1.29 is 9.47 Å². The molecular weight excluding hydrogens is 589 g/mol. The third kappa shape index (κ3) is 2.94. The number of ether oxygens (including phenoxy) is 2. The smallest absolute Gasteiger partial charge is 0.252 e. The van der Waals surface area contributed by atoms with E-state index in [4.69, 9.17) is 9.47 Å². The van der Waals surface area contributed by atoms with Crippen molar-refractivity contribution in [2.45, 2.75) is 0 Å². The van der Waals surface area contributed by atoms with E-state index >= 15 is 0 Å². The second kappa shape index (κ2) is 8.69. The third-order valence-corrected chi connectivity index (χ3v) is 10.5. The van der Waals surface area contributed by atoms with Gasteiger partial charge in [-0.25, -0.2) is 0 Å². The van der Waals surface area contributed by atoms with Gasteiger partial charge in [0.15, 0.2) is 23.0 Å². The van der Waals surface area contributed by atoms with E-state index in [1.165, 1.54) is 38.2 Å². The maximum Gasteiger partial charge on any atom is 0.252 e. The van der Waals surface area contributed by atoms with Crippen molar-refractivity contribution in [3.63, 3.8) is 0 Å². The van der Waals surface area contributed by atoms with E-state index in [9.17, 15) is 0 Å². The molecule has 222 valence electrons. The van der Waals surface area contributed by atoms with Gasteiger partial charge in [-0.3, -0.25) is 0 Å². The Morgan fingerprint density at radius 1 is 0.417 bits per heavy atom. The third-order valence-electron chi connectivity index (χ3n) is 10.5. The van der Waals surface area contributed by atoms with Crippen LogP contribution in [0.15, 0.2) is 146 Å². The molecule has 0 N–H and O–H groups in total. The Hall–Kier alpha value is -6.40. The number of para-hydroxylation sites is 8. The van der Waals surface area contributed by atoms with Crippen LogP contribution in [-0.4, -0.2) is 11.3 Å². The van der Waals surface area contributed by atoms with Crippen molar-refractivity contribution in [1.29, 1.82) is 0 Å². The highest BCUT2D eigenvalue weighted by atomic mass is 16.5. The van der Waals surface area contributed by atoms with E-state index in [2.05, 4.69) is 148 Å². The van der Waals surface area contributed by atoms with E-state index in [0.29, 0.717) is 0 Å². The number of hydrogen-bond acceptors (Lipinski definition) is 4. The van der Waals surface area contributed by atoms with Gasteiger partial charge in [0.05, 0.1) is 39.5 Å². The van der Waals surface area contributed by atoms with Crippen molar-refractivity contribution >= 4 is 79.0 Å². The molecule has 8 aromatic rings. The summed E-state index contributed by atoms with van der Waals surface area (Å²) in [5.74, 6) is 3.45. The molecule has 0 saturated heterocycles. The zero-order valence-corrected chi connectivity index (χ0v) is 25.6. The molecule has 4 aliphatic rings. The molecule has 0 radical (unpaired) electrons. The molecule has 0 amide bonds. The summed E-state index contributed by atoms with van der Waals surface area (Å²) >= 11 is 0. The standard InChI is InChI=1S/C42H24BN3O2/c1-3-15-30-26(11-1)27-12-2-4-16-31(27)44(30)25-23-34-40-35(24-25)46-33-18-6-8-20-37(33)48-39-22-10-14-29(42(39)46)43(40)28-13-9-21-38-41(28)45(34)32-17-5-7-19-36(32)47-38/h1-24H. The first-order valence-corrected chi connectivity index (χ1v) is 16.4. The van der Waals surface area contributed by atoms with Crippen molar-refractivity contribution in [3.05, 3.63) is 146 Å². The summed E-state index contributed by atoms with van der Waals surface area (Å²) in [5, 5.41) is 2.48. The van der Waals surface area contributed by atoms with Crippen LogP contribution in [0.25, 0.3) is 27.5 Å². The van der Waals surface area contributed by atoms with E-state index in [-0.39, 0.29) is 6.71 Å². The molecular formula is C42H24BN3O2. The van der Waals surface area contributed by atoms with Crippen LogP contribution in [-0.2, 0) is 0 Å². The van der Waals surface area contributed by atoms with Gasteiger partial charge < -0.3 is 23.8 Å². The minimum Gasteiger partial charge on any atom is -0.453 e. The lowest BCUT2D eigenvalue weighted by Crippen LogP contribution is -2.61. The van der Waals surface area contributed by atoms with Crippen molar-refractivity contribution in [2.24, 2.45) is 0 Å². The molecule has 7 aromatic carbocycles. The molecule has 0 spiro atoms. The highest BCUT2D eigenvalue weighted by molar-refractivity contribution is 7.00. The molecule has 48 heavy (non-hydrogen) atoms. The molecule has 0 saturated carbocycles. The number of aromatic nitrogens is 1. The van der Waals surface area contributed by atoms with Crippen LogP contribution in [0.4, 0.5) is 34.1 Å². The van der Waals surface area contributed by atoms with Crippen LogP contribution in [0.1, 0.15) is 0 Å². The molecule has 4 aliphatic heterocycles. The Morgan fingerprint density at radius 3 is 1.42 bits per heavy atom. The topological polar surface area (TPSA) is 29.9 Å². The summed E-state index contributed by atoms with van der Waals surface area (Å²) in [5.41, 5.74) is 13.8. The average molecular weight is 613 g/mol. The fourth-order valence-corrected chi connectivity index (χ4v) is 8.71. The number of benzene rings is 7. The van der Waals surface area contributed by atoms with Gasteiger partial charge in [-0.15, -0.1) is 0 Å². The lowest BCUT2D eigenvalue weighted by atomic mass is 9.33. The normalized spacial score (nSPS) is 14.0. The van der Waals surface area contributed by atoms with Crippen LogP contribution in [0, 0.1) is 0 Å². The van der Waals surface area contributed by atoms with Gasteiger partial charge in [-0.05, 0) is 77.1 Å². The highest BCUT2D eigenvalue weighted by Crippen LogP contribution is 2.56. The Labute approximate surface area is 276 Å². The number of fused-ring (bicyclic) bond motifs is 11. The van der Waals surface area contributed by atoms with Crippen LogP contribution in [0.3, 0.4) is 0 Å². The maximum atomic E-state index is 6.63. The Morgan fingerprint density at radius 2 is 0.875 bits per heavy atom. The van der Waals surface area contributed by atoms with Crippen molar-refractivity contribution in [3.8, 4) is 28.7 Å². The number of nitrogens with zero attached hydrogens (tertiary/aromatic N) is 3. The quantitative estimate of drug-likeness (QED) is 0.173. The lowest BCUT2D eigenvalue weighted by Gasteiger charge is -2.47. The minimum absolute atomic E-state index is 0.0117. The summed E-state index contributed by atoms with van der Waals surface area (Å²) in [7, 11) is 0. The van der Waals surface area contributed by atoms with Gasteiger partial charge in [0, 0.05) is 22.1 Å². The van der Waals surface area contributed by atoms with Gasteiger partial charge in [0.2, 0.25) is 0 Å². The Kier molecular flexibility index (Phi) is 4.49. The fraction of sp³-hybridized carbons (Fsp3) is 0. The first kappa shape index (κ1) is 24.8. The van der Waals surface area contributed by atoms with E-state index < -0.39 is 0 Å². The van der Waals surface area contributed by atoms with Crippen LogP contribution < -0.4 is 35.7 Å². The van der Waals surface area contributed by atoms with Crippen molar-refractivity contribution in [1.82, 2.24) is 4.57 Å². The monoisotopic (exact) mass is 613 g/mol. The minimum atomic E-state index is -0.0117. The molecule has 0 unspecified atom stereocenters. The van der Waals surface area contributed by atoms with E-state index in [1.54, 1.807) is 0 Å². The molecule has 5 nitrogen and oxygen atoms in total. The van der Waals surface area contributed by atoms with Gasteiger partial charge in [-0.1, -0.05) is 84.9 Å². The van der Waals surface area contributed by atoms with Crippen LogP contribution >= 0.6 is 0 Å². The first-order chi connectivity index (χ1) is 23.8. The zero-order valence-electron chi connectivity index (χ0n) is 25.6. The summed E-state index contributed by atoms with van der Waals surface area (Å²) in [4.78, 5) is 4.88. The summed E-state index contributed by atoms with van der Waals surface area (Å²) in [6.07, 6.45) is 0. The van der Waals surface area contributed by atoms with Crippen LogP contribution in [0.5, 0.6) is 23.0 Å². The highest BCUT2D eigenvalue weighted by Gasteiger charge is 2.48. The second-order valence-corrected chi connectivity index (χ2v) is 12.9. The number of hydrogen-bond donors (Lipinski definition) is 0. The van der Waals surface area contributed by atoms with Gasteiger partial charge in [0.25, 0.3) is 6.71 Å². The molecule has 0 bridgehead atoms. The molecule has 0 fully saturated rings. The summed E-state index contributed by atoms with van der Waals surface area (Å²) in [6.45, 7) is -0.0117. The SMILES string of the molecule is c1ccc2c(c1)Oc1cccc3c1N2c1cc(-n2c4ccccc4c4ccccc42)cc2c1B3c1cccc3c1N2c1ccccc1O3. The van der Waals surface area contributed by atoms with Crippen LogP contribution in [0.2, 0.25) is 0 Å². The largest absolute Gasteiger partial charge is 0.453 e. The predicted molar refractivity (Wildman–Crippen MR) is 195 cm³/mol. The number of anilines is 6. The molecule has 0 aliphatic carbocycles. The molecule has 6 heteroatoms. The molecule has 1 aromatic heterocycles. The van der Waals surface area contributed by atoms with Gasteiger partial charge in [-0.2, -0.15) is 0 Å². The van der Waals surface area contributed by atoms with E-state index in [0.717, 1.165) is 62.8 Å². The molecule has 5 heterocycles. The predicted octanol–water partition coefficient (Wildman–Crippen LogP) is 9.08. The summed E-state index contributed by atoms with van der Waals surface area (Å²) in [6, 6.07) is 52.0.